The van der Waals surface area contributed by atoms with Gasteiger partial charge in [-0.1, -0.05) is 153 Å². The molecule has 0 saturated carbocycles. The summed E-state index contributed by atoms with van der Waals surface area (Å²) in [6.45, 7) is 16.4. The van der Waals surface area contributed by atoms with E-state index in [0.717, 1.165) is 96.0 Å². The van der Waals surface area contributed by atoms with Gasteiger partial charge in [0.1, 0.15) is 23.0 Å². The summed E-state index contributed by atoms with van der Waals surface area (Å²) in [4.78, 5) is 0. The van der Waals surface area contributed by atoms with Crippen molar-refractivity contribution < 1.29 is 18.9 Å². The highest BCUT2D eigenvalue weighted by Crippen LogP contribution is 2.61. The van der Waals surface area contributed by atoms with E-state index in [1.54, 1.807) is 0 Å². The van der Waals surface area contributed by atoms with E-state index in [-0.39, 0.29) is 0 Å². The predicted molar refractivity (Wildman–Crippen MR) is 280 cm³/mol. The van der Waals surface area contributed by atoms with Crippen molar-refractivity contribution >= 4 is 108 Å². The molecule has 14 heteroatoms. The van der Waals surface area contributed by atoms with Crippen LogP contribution in [-0.2, 0) is 0 Å². The van der Waals surface area contributed by atoms with E-state index in [1.807, 2.05) is 102 Å². The maximum Gasteiger partial charge on any atom is 0.127 e. The molecule has 0 N–H and O–H groups in total. The Bertz CT molecular complexity index is 1420. The van der Waals surface area contributed by atoms with Crippen molar-refractivity contribution in [3.05, 3.63) is 53.1 Å². The van der Waals surface area contributed by atoms with Gasteiger partial charge in [-0.15, -0.1) is 0 Å². The van der Waals surface area contributed by atoms with Crippen molar-refractivity contribution in [3.63, 3.8) is 0 Å². The second-order valence-corrected chi connectivity index (χ2v) is 31.6. The summed E-state index contributed by atoms with van der Waals surface area (Å²) in [5.41, 5.74) is 5.00. The summed E-state index contributed by atoms with van der Waals surface area (Å²) in [6.07, 6.45) is 24.7. The zero-order valence-corrected chi connectivity index (χ0v) is 43.5. The summed E-state index contributed by atoms with van der Waals surface area (Å²) >= 11 is 0. The number of rotatable bonds is 32. The highest BCUT2D eigenvalue weighted by atomic mass is 33.8. The summed E-state index contributed by atoms with van der Waals surface area (Å²) in [5.74, 6) is 3.53. The van der Waals surface area contributed by atoms with Gasteiger partial charge in [0, 0.05) is 11.1 Å². The molecule has 2 saturated heterocycles. The molecule has 58 heavy (non-hydrogen) atoms. The lowest BCUT2D eigenvalue weighted by Crippen LogP contribution is -2.07. The molecule has 4 nitrogen and oxygen atoms in total. The minimum Gasteiger partial charge on any atom is -0.493 e. The number of hydrogen-bond donors (Lipinski definition) is 0. The molecule has 0 atom stereocenters. The third-order valence-electron chi connectivity index (χ3n) is 10.1. The Balaban J connectivity index is 1.50. The van der Waals surface area contributed by atoms with Gasteiger partial charge in [0.05, 0.1) is 35.6 Å². The lowest BCUT2D eigenvalue weighted by molar-refractivity contribution is 0.293. The fraction of sp³-hybridized carbons (Fsp3) is 0.682. The Morgan fingerprint density at radius 2 is 0.759 bits per heavy atom. The van der Waals surface area contributed by atoms with Crippen LogP contribution in [0.1, 0.15) is 165 Å². The van der Waals surface area contributed by atoms with Crippen molar-refractivity contribution in [2.75, 3.05) is 26.4 Å². The molecule has 0 amide bonds. The first kappa shape index (κ1) is 51.5. The lowest BCUT2D eigenvalue weighted by Gasteiger charge is -2.22. The predicted octanol–water partition coefficient (Wildman–Crippen LogP) is 19.1. The van der Waals surface area contributed by atoms with E-state index in [0.29, 0.717) is 29.0 Å². The number of hydrogen-bond acceptors (Lipinski definition) is 14. The monoisotopic (exact) mass is 980 g/mol. The molecule has 0 unspecified atom stereocenters. The van der Waals surface area contributed by atoms with Gasteiger partial charge in [0.15, 0.2) is 0 Å². The molecule has 0 radical (unpaired) electrons. The molecule has 2 fully saturated rings. The van der Waals surface area contributed by atoms with Crippen LogP contribution in [0.25, 0.3) is 5.57 Å². The molecule has 2 heterocycles. The SMILES string of the molecule is C=C(c1cc(OCCCCCCCCCC)c(C)cc1OCCCCCCCCCC)c1cc(OCCCC2SSSSS2)c(C)cc1OCCCC1SSSSS1. The molecular weight excluding hydrogens is 913 g/mol. The van der Waals surface area contributed by atoms with E-state index in [1.165, 1.54) is 89.9 Å². The Morgan fingerprint density at radius 1 is 0.431 bits per heavy atom. The molecule has 2 aromatic carbocycles. The fourth-order valence-corrected chi connectivity index (χ4v) is 30.1. The van der Waals surface area contributed by atoms with Crippen LogP contribution in [-0.4, -0.2) is 35.6 Å². The molecule has 0 aromatic heterocycles. The van der Waals surface area contributed by atoms with E-state index in [2.05, 4.69) is 52.0 Å². The first-order chi connectivity index (χ1) is 28.5. The van der Waals surface area contributed by atoms with Gasteiger partial charge in [-0.2, -0.15) is 0 Å². The normalized spacial score (nSPS) is 15.1. The Morgan fingerprint density at radius 3 is 1.14 bits per heavy atom. The van der Waals surface area contributed by atoms with E-state index in [9.17, 15) is 0 Å². The van der Waals surface area contributed by atoms with Gasteiger partial charge < -0.3 is 18.9 Å². The molecular formula is C44H68O4S10. The molecule has 0 spiro atoms. The van der Waals surface area contributed by atoms with Crippen LogP contribution in [0.4, 0.5) is 0 Å². The van der Waals surface area contributed by atoms with Crippen LogP contribution in [0.2, 0.25) is 0 Å². The average molecular weight is 982 g/mol. The summed E-state index contributed by atoms with van der Waals surface area (Å²) < 4.78 is 27.5. The van der Waals surface area contributed by atoms with Crippen molar-refractivity contribution in [3.8, 4) is 23.0 Å². The van der Waals surface area contributed by atoms with Gasteiger partial charge in [0.25, 0.3) is 0 Å². The number of unbranched alkanes of at least 4 members (excludes halogenated alkanes) is 14. The van der Waals surface area contributed by atoms with Crippen molar-refractivity contribution in [1.82, 2.24) is 0 Å². The largest absolute Gasteiger partial charge is 0.493 e. The first-order valence-electron chi connectivity index (χ1n) is 21.6. The van der Waals surface area contributed by atoms with E-state index >= 15 is 0 Å². The minimum absolute atomic E-state index is 0.589. The average Bonchev–Trinajstić information content (AvgIpc) is 3.24. The zero-order chi connectivity index (χ0) is 41.0. The van der Waals surface area contributed by atoms with Gasteiger partial charge in [-0.3, -0.25) is 0 Å². The van der Waals surface area contributed by atoms with Crippen LogP contribution in [0.15, 0.2) is 30.8 Å². The van der Waals surface area contributed by atoms with E-state index < -0.39 is 0 Å². The molecule has 0 aliphatic carbocycles. The second kappa shape index (κ2) is 32.5. The van der Waals surface area contributed by atoms with E-state index in [4.69, 9.17) is 25.5 Å². The summed E-state index contributed by atoms with van der Waals surface area (Å²) in [7, 11) is 19.2. The van der Waals surface area contributed by atoms with Crippen LogP contribution < -0.4 is 18.9 Å². The lowest BCUT2D eigenvalue weighted by atomic mass is 9.95. The molecule has 2 aliphatic heterocycles. The summed E-state index contributed by atoms with van der Waals surface area (Å²) in [6, 6.07) is 8.67. The maximum absolute atomic E-state index is 6.66. The Hall–Kier alpha value is 0.880. The maximum atomic E-state index is 6.66. The van der Waals surface area contributed by atoms with Crippen LogP contribution in [0, 0.1) is 13.8 Å². The highest BCUT2D eigenvalue weighted by molar-refractivity contribution is 9.39. The quantitative estimate of drug-likeness (QED) is 0.0516. The molecule has 328 valence electrons. The standard InChI is InChI=1S/C44H68O4S10/c1-6-8-10-12-14-16-18-20-26-45-39-32-37(41(30-34(39)3)47-27-21-19-17-15-13-11-9-7-2)36(5)38-33-40(46-28-22-24-43-49-53-57-54-50-43)35(4)31-42(38)48-29-23-25-44-51-55-58-56-52-44/h30-33,43-44H,5-29H2,1-4H3. The molecule has 4 rings (SSSR count). The van der Waals surface area contributed by atoms with Crippen LogP contribution in [0.5, 0.6) is 23.0 Å². The van der Waals surface area contributed by atoms with Crippen LogP contribution in [0.3, 0.4) is 0 Å². The number of aryl methyl sites for hydroxylation is 2. The molecule has 2 aliphatic rings. The second-order valence-electron chi connectivity index (χ2n) is 15.0. The molecule has 2 aromatic rings. The van der Waals surface area contributed by atoms with Gasteiger partial charge in [-0.25, -0.2) is 0 Å². The third-order valence-corrected chi connectivity index (χ3v) is 30.3. The third kappa shape index (κ3) is 20.6. The Labute approximate surface area is 390 Å². The highest BCUT2D eigenvalue weighted by Gasteiger charge is 2.22. The van der Waals surface area contributed by atoms with Crippen molar-refractivity contribution in [2.24, 2.45) is 0 Å². The van der Waals surface area contributed by atoms with Gasteiger partial charge in [-0.05, 0) is 152 Å². The zero-order valence-electron chi connectivity index (χ0n) is 35.4. The molecule has 0 bridgehead atoms. The van der Waals surface area contributed by atoms with Crippen molar-refractivity contribution in [2.45, 2.75) is 165 Å². The smallest absolute Gasteiger partial charge is 0.127 e. The summed E-state index contributed by atoms with van der Waals surface area (Å²) in [5, 5.41) is 0. The Kier molecular flexibility index (Phi) is 28.9. The number of benzene rings is 2. The number of ether oxygens (including phenoxy) is 4. The van der Waals surface area contributed by atoms with Gasteiger partial charge >= 0.3 is 0 Å². The van der Waals surface area contributed by atoms with Crippen LogP contribution >= 0.6 is 102 Å². The first-order valence-corrected chi connectivity index (χ1v) is 34.2. The topological polar surface area (TPSA) is 36.9 Å². The van der Waals surface area contributed by atoms with Gasteiger partial charge in [0.2, 0.25) is 0 Å². The van der Waals surface area contributed by atoms with Crippen molar-refractivity contribution in [1.29, 1.82) is 0 Å². The fourth-order valence-electron chi connectivity index (χ4n) is 6.68. The minimum atomic E-state index is 0.589.